The minimum absolute atomic E-state index is 0.0520. The molecule has 0 radical (unpaired) electrons. The third-order valence-electron chi connectivity index (χ3n) is 6.60. The SMILES string of the molecule is CCCCCn1nc(C(=O)C2CCCCC2)nc1Cc1ccc(-c2ccncc2C(=O)O)cc1. The molecular weight excluding hydrogens is 428 g/mol. The van der Waals surface area contributed by atoms with Gasteiger partial charge in [0.05, 0.1) is 5.56 Å². The molecule has 0 saturated heterocycles. The van der Waals surface area contributed by atoms with E-state index >= 15 is 0 Å². The molecule has 0 unspecified atom stereocenters. The van der Waals surface area contributed by atoms with E-state index in [-0.39, 0.29) is 17.3 Å². The van der Waals surface area contributed by atoms with Crippen LogP contribution in [-0.2, 0) is 13.0 Å². The van der Waals surface area contributed by atoms with Gasteiger partial charge in [0.2, 0.25) is 11.6 Å². The molecule has 1 aliphatic carbocycles. The number of aromatic nitrogens is 4. The Kier molecular flexibility index (Phi) is 7.83. The van der Waals surface area contributed by atoms with Gasteiger partial charge in [0, 0.05) is 31.3 Å². The summed E-state index contributed by atoms with van der Waals surface area (Å²) in [5, 5.41) is 14.1. The van der Waals surface area contributed by atoms with E-state index in [9.17, 15) is 14.7 Å². The van der Waals surface area contributed by atoms with Crippen LogP contribution in [0.15, 0.2) is 42.7 Å². The second kappa shape index (κ2) is 11.2. The molecule has 1 saturated carbocycles. The summed E-state index contributed by atoms with van der Waals surface area (Å²) in [7, 11) is 0. The fourth-order valence-electron chi connectivity index (χ4n) is 4.65. The van der Waals surface area contributed by atoms with Gasteiger partial charge in [-0.1, -0.05) is 63.3 Å². The van der Waals surface area contributed by atoms with E-state index in [2.05, 4.69) is 17.0 Å². The number of carbonyl (C=O) groups is 2. The number of pyridine rings is 1. The van der Waals surface area contributed by atoms with Crippen LogP contribution >= 0.6 is 0 Å². The molecule has 0 atom stereocenters. The van der Waals surface area contributed by atoms with Crippen molar-refractivity contribution in [3.05, 3.63) is 65.5 Å². The van der Waals surface area contributed by atoms with E-state index in [0.29, 0.717) is 17.8 Å². The Balaban J connectivity index is 1.55. The zero-order valence-corrected chi connectivity index (χ0v) is 19.7. The number of carbonyl (C=O) groups excluding carboxylic acids is 1. The number of ketones is 1. The summed E-state index contributed by atoms with van der Waals surface area (Å²) in [6.07, 6.45) is 12.1. The van der Waals surface area contributed by atoms with Gasteiger partial charge in [0.1, 0.15) is 5.82 Å². The van der Waals surface area contributed by atoms with Crippen molar-refractivity contribution in [2.75, 3.05) is 0 Å². The first kappa shape index (κ1) is 23.8. The molecule has 1 fully saturated rings. The molecule has 2 heterocycles. The Morgan fingerprint density at radius 1 is 1.06 bits per heavy atom. The molecule has 4 rings (SSSR count). The van der Waals surface area contributed by atoms with Gasteiger partial charge in [-0.3, -0.25) is 9.78 Å². The molecule has 1 N–H and O–H groups in total. The molecule has 7 nitrogen and oxygen atoms in total. The van der Waals surface area contributed by atoms with E-state index in [1.807, 2.05) is 28.9 Å². The molecule has 34 heavy (non-hydrogen) atoms. The Morgan fingerprint density at radius 2 is 1.82 bits per heavy atom. The van der Waals surface area contributed by atoms with E-state index in [1.165, 1.54) is 12.6 Å². The van der Waals surface area contributed by atoms with Gasteiger partial charge in [-0.15, -0.1) is 5.10 Å². The number of Topliss-reactive ketones (excluding diaryl/α,β-unsaturated/α-hetero) is 1. The molecule has 0 spiro atoms. The zero-order chi connectivity index (χ0) is 23.9. The molecule has 0 amide bonds. The first-order chi connectivity index (χ1) is 16.6. The minimum atomic E-state index is -0.998. The van der Waals surface area contributed by atoms with Gasteiger partial charge >= 0.3 is 5.97 Å². The largest absolute Gasteiger partial charge is 0.478 e. The number of hydrogen-bond donors (Lipinski definition) is 1. The summed E-state index contributed by atoms with van der Waals surface area (Å²) in [6.45, 7) is 2.92. The second-order valence-corrected chi connectivity index (χ2v) is 9.08. The maximum atomic E-state index is 13.0. The summed E-state index contributed by atoms with van der Waals surface area (Å²) in [4.78, 5) is 33.2. The lowest BCUT2D eigenvalue weighted by Gasteiger charge is -2.18. The van der Waals surface area contributed by atoms with Crippen LogP contribution in [0.2, 0.25) is 0 Å². The van der Waals surface area contributed by atoms with E-state index in [4.69, 9.17) is 4.98 Å². The van der Waals surface area contributed by atoms with Crippen molar-refractivity contribution < 1.29 is 14.7 Å². The number of unbranched alkanes of at least 4 members (excludes halogenated alkanes) is 2. The van der Waals surface area contributed by atoms with Crippen LogP contribution in [0.25, 0.3) is 11.1 Å². The number of hydrogen-bond acceptors (Lipinski definition) is 5. The number of aromatic carboxylic acids is 1. The highest BCUT2D eigenvalue weighted by molar-refractivity contribution is 5.95. The van der Waals surface area contributed by atoms with Crippen LogP contribution in [0.5, 0.6) is 0 Å². The third-order valence-corrected chi connectivity index (χ3v) is 6.60. The van der Waals surface area contributed by atoms with Gasteiger partial charge in [-0.25, -0.2) is 14.5 Å². The smallest absolute Gasteiger partial charge is 0.337 e. The van der Waals surface area contributed by atoms with Gasteiger partial charge in [-0.2, -0.15) is 0 Å². The normalized spacial score (nSPS) is 14.3. The van der Waals surface area contributed by atoms with Crippen LogP contribution in [0, 0.1) is 5.92 Å². The highest BCUT2D eigenvalue weighted by atomic mass is 16.4. The molecule has 0 bridgehead atoms. The molecule has 0 aliphatic heterocycles. The zero-order valence-electron chi connectivity index (χ0n) is 19.7. The molecule has 7 heteroatoms. The lowest BCUT2D eigenvalue weighted by molar-refractivity contribution is 0.0697. The van der Waals surface area contributed by atoms with Crippen molar-refractivity contribution in [3.63, 3.8) is 0 Å². The summed E-state index contributed by atoms with van der Waals surface area (Å²) >= 11 is 0. The van der Waals surface area contributed by atoms with Crippen LogP contribution in [0.3, 0.4) is 0 Å². The number of carboxylic acids is 1. The molecule has 1 aromatic carbocycles. The molecule has 1 aliphatic rings. The summed E-state index contributed by atoms with van der Waals surface area (Å²) in [5.74, 6) is 0.305. The third kappa shape index (κ3) is 5.58. The Morgan fingerprint density at radius 3 is 2.53 bits per heavy atom. The van der Waals surface area contributed by atoms with Gasteiger partial charge in [-0.05, 0) is 42.0 Å². The van der Waals surface area contributed by atoms with E-state index in [0.717, 1.165) is 68.4 Å². The van der Waals surface area contributed by atoms with Crippen LogP contribution in [0.1, 0.15) is 90.7 Å². The summed E-state index contributed by atoms with van der Waals surface area (Å²) in [5.41, 5.74) is 2.67. The fraction of sp³-hybridized carbons (Fsp3) is 0.444. The predicted octanol–water partition coefficient (Wildman–Crippen LogP) is 5.58. The van der Waals surface area contributed by atoms with Crippen molar-refractivity contribution in [3.8, 4) is 11.1 Å². The lowest BCUT2D eigenvalue weighted by Crippen LogP contribution is -2.19. The minimum Gasteiger partial charge on any atom is -0.478 e. The lowest BCUT2D eigenvalue weighted by atomic mass is 9.86. The van der Waals surface area contributed by atoms with Gasteiger partial charge in [0.25, 0.3) is 0 Å². The van der Waals surface area contributed by atoms with Crippen LogP contribution in [-0.4, -0.2) is 36.6 Å². The molecular formula is C27H32N4O3. The van der Waals surface area contributed by atoms with Gasteiger partial charge < -0.3 is 5.11 Å². The predicted molar refractivity (Wildman–Crippen MR) is 130 cm³/mol. The van der Waals surface area contributed by atoms with Crippen LogP contribution < -0.4 is 0 Å². The topological polar surface area (TPSA) is 98.0 Å². The Bertz CT molecular complexity index is 1130. The van der Waals surface area contributed by atoms with Crippen molar-refractivity contribution in [1.82, 2.24) is 19.7 Å². The molecule has 3 aromatic rings. The van der Waals surface area contributed by atoms with E-state index in [1.54, 1.807) is 12.3 Å². The maximum absolute atomic E-state index is 13.0. The number of carboxylic acid groups (broad SMARTS) is 1. The average Bonchev–Trinajstić information content (AvgIpc) is 3.27. The number of benzene rings is 1. The quantitative estimate of drug-likeness (QED) is 0.313. The Hall–Kier alpha value is -3.35. The fourth-order valence-corrected chi connectivity index (χ4v) is 4.65. The second-order valence-electron chi connectivity index (χ2n) is 9.08. The number of aryl methyl sites for hydroxylation is 1. The van der Waals surface area contributed by atoms with Crippen molar-refractivity contribution >= 4 is 11.8 Å². The van der Waals surface area contributed by atoms with Crippen molar-refractivity contribution in [2.45, 2.75) is 71.3 Å². The maximum Gasteiger partial charge on any atom is 0.337 e. The standard InChI is InChI=1S/C27H32N4O3/c1-2-3-7-16-31-24(29-26(30-31)25(32)21-8-5-4-6-9-21)17-19-10-12-20(13-11-19)22-14-15-28-18-23(22)27(33)34/h10-15,18,21H,2-9,16-17H2,1H3,(H,33,34). The van der Waals surface area contributed by atoms with Gasteiger partial charge in [0.15, 0.2) is 0 Å². The summed E-state index contributed by atoms with van der Waals surface area (Å²) < 4.78 is 1.91. The first-order valence-electron chi connectivity index (χ1n) is 12.3. The average molecular weight is 461 g/mol. The first-order valence-corrected chi connectivity index (χ1v) is 12.3. The number of nitrogens with zero attached hydrogens (tertiary/aromatic N) is 4. The van der Waals surface area contributed by atoms with Crippen LogP contribution in [0.4, 0.5) is 0 Å². The highest BCUT2D eigenvalue weighted by Crippen LogP contribution is 2.27. The molecule has 178 valence electrons. The number of rotatable bonds is 10. The molecule has 2 aromatic heterocycles. The highest BCUT2D eigenvalue weighted by Gasteiger charge is 2.26. The monoisotopic (exact) mass is 460 g/mol. The van der Waals surface area contributed by atoms with Crippen molar-refractivity contribution in [1.29, 1.82) is 0 Å². The Labute approximate surface area is 200 Å². The summed E-state index contributed by atoms with van der Waals surface area (Å²) in [6, 6.07) is 9.52. The van der Waals surface area contributed by atoms with E-state index < -0.39 is 5.97 Å². The van der Waals surface area contributed by atoms with Crippen molar-refractivity contribution in [2.24, 2.45) is 5.92 Å².